The van der Waals surface area contributed by atoms with E-state index in [1.165, 1.54) is 0 Å². The highest BCUT2D eigenvalue weighted by Crippen LogP contribution is 2.25. The topological polar surface area (TPSA) is 161 Å². The van der Waals surface area contributed by atoms with Crippen LogP contribution in [0.1, 0.15) is 0 Å². The van der Waals surface area contributed by atoms with Gasteiger partial charge >= 0.3 is 0 Å². The largest absolute Gasteiger partial charge is 0.393 e. The fourth-order valence-corrected chi connectivity index (χ4v) is 2.47. The highest BCUT2D eigenvalue weighted by molar-refractivity contribution is 7.92. The van der Waals surface area contributed by atoms with Gasteiger partial charge < -0.3 is 5.73 Å². The molecule has 11 heteroatoms. The number of nitrogen functional groups attached to an aromatic ring is 1. The first-order valence-electron chi connectivity index (χ1n) is 5.42. The number of sulfonamides is 1. The summed E-state index contributed by atoms with van der Waals surface area (Å²) >= 11 is 0. The Kier molecular flexibility index (Phi) is 3.58. The zero-order valence-electron chi connectivity index (χ0n) is 10.3. The van der Waals surface area contributed by atoms with Gasteiger partial charge in [-0.15, -0.1) is 0 Å². The number of rotatable bonds is 4. The molecule has 0 spiro atoms. The monoisotopic (exact) mass is 311 g/mol. The lowest BCUT2D eigenvalue weighted by Gasteiger charge is -2.07. The summed E-state index contributed by atoms with van der Waals surface area (Å²) in [6, 6.07) is 5.31. The predicted octanol–water partition coefficient (Wildman–Crippen LogP) is 0.0611. The molecule has 0 unspecified atom stereocenters. The first kappa shape index (κ1) is 14.5. The van der Waals surface area contributed by atoms with Crippen molar-refractivity contribution in [1.82, 2.24) is 10.2 Å². The van der Waals surface area contributed by atoms with E-state index in [2.05, 4.69) is 14.9 Å². The number of nitrogens with zero attached hydrogens (tertiary/aromatic N) is 2. The highest BCUT2D eigenvalue weighted by atomic mass is 32.2. The van der Waals surface area contributed by atoms with Crippen LogP contribution < -0.4 is 16.0 Å². The lowest BCUT2D eigenvalue weighted by atomic mass is 10.3. The minimum absolute atomic E-state index is 0.130. The number of hydrogen-bond acceptors (Lipinski definition) is 7. The molecule has 1 aromatic heterocycles. The predicted molar refractivity (Wildman–Crippen MR) is 73.2 cm³/mol. The van der Waals surface area contributed by atoms with Gasteiger partial charge in [0.2, 0.25) is 0 Å². The minimum Gasteiger partial charge on any atom is -0.393 e. The van der Waals surface area contributed by atoms with Gasteiger partial charge in [-0.3, -0.25) is 19.6 Å². The van der Waals surface area contributed by atoms with E-state index in [9.17, 15) is 23.3 Å². The molecule has 0 amide bonds. The van der Waals surface area contributed by atoms with Crippen LogP contribution >= 0.6 is 0 Å². The Hall–Kier alpha value is -2.95. The third kappa shape index (κ3) is 3.14. The SMILES string of the molecule is Nc1ccc(S(=O)(=O)Nc2ccc(=O)[nH]n2)cc1[N+](=O)[O-]. The average molecular weight is 311 g/mol. The Morgan fingerprint density at radius 1 is 1.29 bits per heavy atom. The zero-order valence-corrected chi connectivity index (χ0v) is 11.1. The number of aromatic amines is 1. The Labute approximate surface area is 117 Å². The number of nitrogens with one attached hydrogen (secondary N) is 2. The van der Waals surface area contributed by atoms with Crippen LogP contribution in [0, 0.1) is 10.1 Å². The van der Waals surface area contributed by atoms with E-state index in [-0.39, 0.29) is 16.4 Å². The van der Waals surface area contributed by atoms with Gasteiger partial charge in [0, 0.05) is 12.1 Å². The molecule has 2 aromatic rings. The third-order valence-electron chi connectivity index (χ3n) is 2.43. The van der Waals surface area contributed by atoms with Crippen molar-refractivity contribution in [2.45, 2.75) is 4.90 Å². The molecule has 1 aromatic carbocycles. The second-order valence-electron chi connectivity index (χ2n) is 3.89. The number of benzene rings is 1. The molecule has 0 aliphatic heterocycles. The lowest BCUT2D eigenvalue weighted by molar-refractivity contribution is -0.384. The molecule has 0 bridgehead atoms. The van der Waals surface area contributed by atoms with Crippen LogP contribution in [0.5, 0.6) is 0 Å². The van der Waals surface area contributed by atoms with Crippen molar-refractivity contribution in [3.8, 4) is 0 Å². The summed E-state index contributed by atoms with van der Waals surface area (Å²) in [5.74, 6) is -0.130. The normalized spacial score (nSPS) is 11.0. The fraction of sp³-hybridized carbons (Fsp3) is 0. The van der Waals surface area contributed by atoms with Crippen LogP contribution in [-0.4, -0.2) is 23.5 Å². The maximum Gasteiger partial charge on any atom is 0.293 e. The van der Waals surface area contributed by atoms with E-state index in [4.69, 9.17) is 5.73 Å². The van der Waals surface area contributed by atoms with Gasteiger partial charge in [0.15, 0.2) is 5.82 Å². The number of hydrogen-bond donors (Lipinski definition) is 3. The first-order valence-corrected chi connectivity index (χ1v) is 6.90. The summed E-state index contributed by atoms with van der Waals surface area (Å²) < 4.78 is 26.2. The van der Waals surface area contributed by atoms with E-state index in [0.717, 1.165) is 30.3 Å². The van der Waals surface area contributed by atoms with Crippen LogP contribution in [0.25, 0.3) is 0 Å². The summed E-state index contributed by atoms with van der Waals surface area (Å²) in [4.78, 5) is 20.4. The maximum atomic E-state index is 12.1. The van der Waals surface area contributed by atoms with Crippen LogP contribution in [0.3, 0.4) is 0 Å². The molecule has 10 nitrogen and oxygen atoms in total. The molecule has 0 aliphatic rings. The Morgan fingerprint density at radius 2 is 2.00 bits per heavy atom. The van der Waals surface area contributed by atoms with Gasteiger partial charge in [-0.25, -0.2) is 13.5 Å². The number of nitro groups is 1. The summed E-state index contributed by atoms with van der Waals surface area (Å²) in [6.45, 7) is 0. The van der Waals surface area contributed by atoms with Gasteiger partial charge in [0.05, 0.1) is 9.82 Å². The van der Waals surface area contributed by atoms with E-state index in [1.807, 2.05) is 0 Å². The molecule has 110 valence electrons. The number of nitrogens with two attached hydrogens (primary N) is 1. The zero-order chi connectivity index (χ0) is 15.6. The highest BCUT2D eigenvalue weighted by Gasteiger charge is 2.20. The van der Waals surface area contributed by atoms with Gasteiger partial charge in [0.25, 0.3) is 21.3 Å². The van der Waals surface area contributed by atoms with E-state index in [1.54, 1.807) is 0 Å². The van der Waals surface area contributed by atoms with Gasteiger partial charge in [-0.2, -0.15) is 5.10 Å². The third-order valence-corrected chi connectivity index (χ3v) is 3.78. The molecule has 0 atom stereocenters. The number of nitro benzene ring substituents is 1. The molecule has 21 heavy (non-hydrogen) atoms. The second-order valence-corrected chi connectivity index (χ2v) is 5.57. The smallest absolute Gasteiger partial charge is 0.293 e. The van der Waals surface area contributed by atoms with Crippen molar-refractivity contribution >= 4 is 27.2 Å². The second kappa shape index (κ2) is 5.20. The molecule has 0 aliphatic carbocycles. The van der Waals surface area contributed by atoms with Crippen LogP contribution in [0.15, 0.2) is 40.0 Å². The number of anilines is 2. The standard InChI is InChI=1S/C10H9N5O5S/c11-7-2-1-6(5-8(7)15(17)18)21(19,20)14-9-3-4-10(16)13-12-9/h1-5H,11H2,(H,12,14)(H,13,16). The number of H-pyrrole nitrogens is 1. The van der Waals surface area contributed by atoms with E-state index in [0.29, 0.717) is 0 Å². The maximum absolute atomic E-state index is 12.1. The molecule has 1 heterocycles. The molecule has 2 rings (SSSR count). The Balaban J connectivity index is 2.40. The van der Waals surface area contributed by atoms with Crippen molar-refractivity contribution in [3.05, 3.63) is 50.8 Å². The van der Waals surface area contributed by atoms with Crippen molar-refractivity contribution in [1.29, 1.82) is 0 Å². The van der Waals surface area contributed by atoms with E-state index >= 15 is 0 Å². The Morgan fingerprint density at radius 3 is 2.57 bits per heavy atom. The first-order chi connectivity index (χ1) is 9.79. The van der Waals surface area contributed by atoms with E-state index < -0.39 is 26.2 Å². The summed E-state index contributed by atoms with van der Waals surface area (Å²) in [5.41, 5.74) is 4.22. The minimum atomic E-state index is -4.09. The molecule has 0 saturated carbocycles. The van der Waals surface area contributed by atoms with Gasteiger partial charge in [-0.05, 0) is 18.2 Å². The van der Waals surface area contributed by atoms with Crippen LogP contribution in [-0.2, 0) is 10.0 Å². The van der Waals surface area contributed by atoms with Crippen molar-refractivity contribution in [2.75, 3.05) is 10.5 Å². The van der Waals surface area contributed by atoms with Crippen LogP contribution in [0.2, 0.25) is 0 Å². The average Bonchev–Trinajstić information content (AvgIpc) is 2.41. The molecule has 0 fully saturated rings. The molecular formula is C10H9N5O5S. The summed E-state index contributed by atoms with van der Waals surface area (Å²) in [5, 5.41) is 16.3. The molecular weight excluding hydrogens is 302 g/mol. The fourth-order valence-electron chi connectivity index (χ4n) is 1.45. The van der Waals surface area contributed by atoms with Gasteiger partial charge in [-0.1, -0.05) is 0 Å². The molecule has 0 saturated heterocycles. The van der Waals surface area contributed by atoms with Crippen molar-refractivity contribution in [2.24, 2.45) is 0 Å². The van der Waals surface area contributed by atoms with Crippen LogP contribution in [0.4, 0.5) is 17.2 Å². The summed E-state index contributed by atoms with van der Waals surface area (Å²) in [6.07, 6.45) is 0. The summed E-state index contributed by atoms with van der Waals surface area (Å²) in [7, 11) is -4.09. The Bertz CT molecular complexity index is 840. The lowest BCUT2D eigenvalue weighted by Crippen LogP contribution is -2.16. The molecule has 0 radical (unpaired) electrons. The quantitative estimate of drug-likeness (QED) is 0.408. The molecule has 4 N–H and O–H groups in total. The van der Waals surface area contributed by atoms with Crippen molar-refractivity contribution < 1.29 is 13.3 Å². The number of aromatic nitrogens is 2. The van der Waals surface area contributed by atoms with Gasteiger partial charge in [0.1, 0.15) is 5.69 Å². The van der Waals surface area contributed by atoms with Crippen molar-refractivity contribution in [3.63, 3.8) is 0 Å².